The van der Waals surface area contributed by atoms with E-state index >= 15 is 0 Å². The largest absolute Gasteiger partial charge is 0.497 e. The summed E-state index contributed by atoms with van der Waals surface area (Å²) in [6.07, 6.45) is 1.56. The van der Waals surface area contributed by atoms with E-state index in [1.807, 2.05) is 12.1 Å². The van der Waals surface area contributed by atoms with E-state index in [1.165, 1.54) is 6.92 Å². The highest BCUT2D eigenvalue weighted by Crippen LogP contribution is 2.19. The van der Waals surface area contributed by atoms with Crippen molar-refractivity contribution in [2.75, 3.05) is 17.7 Å². The second-order valence-corrected chi connectivity index (χ2v) is 5.88. The van der Waals surface area contributed by atoms with E-state index < -0.39 is 0 Å². The van der Waals surface area contributed by atoms with Gasteiger partial charge in [0.05, 0.1) is 19.0 Å². The number of aromatic nitrogens is 1. The van der Waals surface area contributed by atoms with Gasteiger partial charge in [-0.05, 0) is 49.4 Å². The van der Waals surface area contributed by atoms with Crippen molar-refractivity contribution >= 4 is 28.9 Å². The van der Waals surface area contributed by atoms with Gasteiger partial charge < -0.3 is 15.4 Å². The molecule has 0 saturated carbocycles. The van der Waals surface area contributed by atoms with Crippen LogP contribution in [0, 0.1) is 0 Å². The molecule has 1 aromatic heterocycles. The molecule has 0 fully saturated rings. The molecule has 27 heavy (non-hydrogen) atoms. The zero-order valence-electron chi connectivity index (χ0n) is 15.0. The zero-order valence-corrected chi connectivity index (χ0v) is 15.0. The minimum absolute atomic E-state index is 0.00205. The number of hydrogen-bond acceptors (Lipinski definition) is 5. The molecule has 2 aromatic carbocycles. The summed E-state index contributed by atoms with van der Waals surface area (Å²) >= 11 is 0. The first-order valence-electron chi connectivity index (χ1n) is 8.34. The molecule has 6 nitrogen and oxygen atoms in total. The van der Waals surface area contributed by atoms with Crippen LogP contribution in [0.5, 0.6) is 5.75 Å². The van der Waals surface area contributed by atoms with Crippen LogP contribution in [-0.4, -0.2) is 23.8 Å². The average Bonchev–Trinajstić information content (AvgIpc) is 2.69. The number of nitrogens with one attached hydrogen (secondary N) is 2. The maximum absolute atomic E-state index is 12.3. The smallest absolute Gasteiger partial charge is 0.255 e. The van der Waals surface area contributed by atoms with Gasteiger partial charge in [-0.25, -0.2) is 4.98 Å². The third kappa shape index (κ3) is 4.70. The number of amides is 1. The Balaban J connectivity index is 1.67. The van der Waals surface area contributed by atoms with Gasteiger partial charge in [-0.15, -0.1) is 0 Å². The third-order valence-corrected chi connectivity index (χ3v) is 3.89. The number of carbonyl (C=O) groups excluding carboxylic acids is 2. The first kappa shape index (κ1) is 18.1. The number of ketones is 1. The quantitative estimate of drug-likeness (QED) is 0.640. The second kappa shape index (κ2) is 8.14. The molecule has 0 aliphatic rings. The molecular weight excluding hydrogens is 342 g/mol. The van der Waals surface area contributed by atoms with Crippen molar-refractivity contribution in [1.29, 1.82) is 0 Å². The fraction of sp³-hybridized carbons (Fsp3) is 0.0952. The number of benzene rings is 2. The fourth-order valence-electron chi connectivity index (χ4n) is 2.47. The number of hydrogen-bond donors (Lipinski definition) is 2. The highest BCUT2D eigenvalue weighted by atomic mass is 16.5. The van der Waals surface area contributed by atoms with E-state index in [4.69, 9.17) is 4.74 Å². The van der Waals surface area contributed by atoms with Crippen LogP contribution < -0.4 is 15.4 Å². The number of Topliss-reactive ketones (excluding diaryl/α,β-unsaturated/α-hetero) is 1. The second-order valence-electron chi connectivity index (χ2n) is 5.88. The minimum Gasteiger partial charge on any atom is -0.497 e. The van der Waals surface area contributed by atoms with E-state index in [0.29, 0.717) is 28.4 Å². The number of nitrogens with zero attached hydrogens (tertiary/aromatic N) is 1. The van der Waals surface area contributed by atoms with Crippen molar-refractivity contribution in [1.82, 2.24) is 4.98 Å². The van der Waals surface area contributed by atoms with Gasteiger partial charge in [0, 0.05) is 16.8 Å². The maximum atomic E-state index is 12.3. The summed E-state index contributed by atoms with van der Waals surface area (Å²) in [5.74, 6) is 0.982. The number of ether oxygens (including phenoxy) is 1. The van der Waals surface area contributed by atoms with Gasteiger partial charge in [0.1, 0.15) is 11.6 Å². The lowest BCUT2D eigenvalue weighted by atomic mass is 10.1. The van der Waals surface area contributed by atoms with Crippen molar-refractivity contribution in [3.8, 4) is 5.75 Å². The Morgan fingerprint density at radius 1 is 0.926 bits per heavy atom. The van der Waals surface area contributed by atoms with Crippen molar-refractivity contribution < 1.29 is 14.3 Å². The summed E-state index contributed by atoms with van der Waals surface area (Å²) in [6, 6.07) is 17.6. The van der Waals surface area contributed by atoms with Crippen LogP contribution in [0.15, 0.2) is 66.9 Å². The molecule has 0 atom stereocenters. The molecule has 2 N–H and O–H groups in total. The molecule has 0 saturated heterocycles. The minimum atomic E-state index is -0.245. The molecule has 1 amide bonds. The Bertz CT molecular complexity index is 968. The first-order chi connectivity index (χ1) is 13.0. The Labute approximate surface area is 157 Å². The van der Waals surface area contributed by atoms with E-state index in [-0.39, 0.29) is 11.7 Å². The Hall–Kier alpha value is -3.67. The van der Waals surface area contributed by atoms with Crippen LogP contribution in [-0.2, 0) is 0 Å². The predicted octanol–water partition coefficient (Wildman–Crippen LogP) is 4.29. The van der Waals surface area contributed by atoms with Crippen LogP contribution in [0.1, 0.15) is 27.6 Å². The molecule has 6 heteroatoms. The molecule has 0 aliphatic carbocycles. The van der Waals surface area contributed by atoms with Gasteiger partial charge >= 0.3 is 0 Å². The van der Waals surface area contributed by atoms with Crippen molar-refractivity contribution in [2.24, 2.45) is 0 Å². The fourth-order valence-corrected chi connectivity index (χ4v) is 2.47. The lowest BCUT2D eigenvalue weighted by Crippen LogP contribution is -2.12. The van der Waals surface area contributed by atoms with Gasteiger partial charge in [0.15, 0.2) is 5.78 Å². The van der Waals surface area contributed by atoms with E-state index in [1.54, 1.807) is 61.8 Å². The molecule has 0 spiro atoms. The summed E-state index contributed by atoms with van der Waals surface area (Å²) < 4.78 is 5.13. The standard InChI is InChI=1S/C21H19N3O3/c1-14(25)15-5-3-7-17(11-15)23-20-10-9-18(13-22-20)24-21(26)16-6-4-8-19(12-16)27-2/h3-13H,1-2H3,(H,22,23)(H,24,26). The molecule has 0 bridgehead atoms. The van der Waals surface area contributed by atoms with Gasteiger partial charge in [0.25, 0.3) is 5.91 Å². The van der Waals surface area contributed by atoms with Crippen LogP contribution >= 0.6 is 0 Å². The van der Waals surface area contributed by atoms with Gasteiger partial charge in [0.2, 0.25) is 0 Å². The lowest BCUT2D eigenvalue weighted by Gasteiger charge is -2.09. The molecular formula is C21H19N3O3. The maximum Gasteiger partial charge on any atom is 0.255 e. The number of anilines is 3. The molecule has 0 aliphatic heterocycles. The monoisotopic (exact) mass is 361 g/mol. The van der Waals surface area contributed by atoms with E-state index in [2.05, 4.69) is 15.6 Å². The summed E-state index contributed by atoms with van der Waals surface area (Å²) in [6.45, 7) is 1.52. The van der Waals surface area contributed by atoms with Crippen LogP contribution in [0.3, 0.4) is 0 Å². The van der Waals surface area contributed by atoms with E-state index in [9.17, 15) is 9.59 Å². The highest BCUT2D eigenvalue weighted by Gasteiger charge is 2.08. The van der Waals surface area contributed by atoms with Crippen LogP contribution in [0.25, 0.3) is 0 Å². The third-order valence-electron chi connectivity index (χ3n) is 3.89. The number of rotatable bonds is 6. The Kier molecular flexibility index (Phi) is 5.47. The molecule has 0 radical (unpaired) electrons. The topological polar surface area (TPSA) is 80.3 Å². The SMILES string of the molecule is COc1cccc(C(=O)Nc2ccc(Nc3cccc(C(C)=O)c3)nc2)c1. The Morgan fingerprint density at radius 2 is 1.70 bits per heavy atom. The number of methoxy groups -OCH3 is 1. The van der Waals surface area contributed by atoms with Crippen molar-refractivity contribution in [3.05, 3.63) is 78.0 Å². The van der Waals surface area contributed by atoms with Crippen LogP contribution in [0.4, 0.5) is 17.2 Å². The summed E-state index contributed by atoms with van der Waals surface area (Å²) in [5, 5.41) is 5.93. The lowest BCUT2D eigenvalue weighted by molar-refractivity contribution is 0.101. The van der Waals surface area contributed by atoms with Gasteiger partial charge in [-0.3, -0.25) is 9.59 Å². The molecule has 136 valence electrons. The molecule has 3 aromatic rings. The Morgan fingerprint density at radius 3 is 2.41 bits per heavy atom. The number of carbonyl (C=O) groups is 2. The van der Waals surface area contributed by atoms with Crippen LogP contribution in [0.2, 0.25) is 0 Å². The molecule has 3 rings (SSSR count). The van der Waals surface area contributed by atoms with E-state index in [0.717, 1.165) is 5.69 Å². The van der Waals surface area contributed by atoms with Gasteiger partial charge in [-0.2, -0.15) is 0 Å². The normalized spacial score (nSPS) is 10.1. The highest BCUT2D eigenvalue weighted by molar-refractivity contribution is 6.04. The van der Waals surface area contributed by atoms with Crippen molar-refractivity contribution in [2.45, 2.75) is 6.92 Å². The predicted molar refractivity (Wildman–Crippen MR) is 105 cm³/mol. The van der Waals surface area contributed by atoms with Gasteiger partial charge in [-0.1, -0.05) is 18.2 Å². The summed E-state index contributed by atoms with van der Waals surface area (Å²) in [5.41, 5.74) is 2.47. The first-order valence-corrected chi connectivity index (χ1v) is 8.34. The number of pyridine rings is 1. The average molecular weight is 361 g/mol. The summed E-state index contributed by atoms with van der Waals surface area (Å²) in [7, 11) is 1.55. The molecule has 1 heterocycles. The zero-order chi connectivity index (χ0) is 19.2. The molecule has 0 unspecified atom stereocenters. The van der Waals surface area contributed by atoms with Crippen molar-refractivity contribution in [3.63, 3.8) is 0 Å². The summed E-state index contributed by atoms with van der Waals surface area (Å²) in [4.78, 5) is 28.1.